The molecular weight excluding hydrogens is 438 g/mol. The van der Waals surface area contributed by atoms with Gasteiger partial charge < -0.3 is 4.90 Å². The standard InChI is InChI=1S/C26H29N3OS.ClH/c1-5-28(6-2)14-15-29(26-27-24-19(4)16-18(3)17-23(24)31-26)25(30)22-13-9-11-20-10-7-8-12-21(20)22;/h7-13,16-17H,5-6,14-15H2,1-4H3;1H. The van der Waals surface area contributed by atoms with Crippen LogP contribution in [0.25, 0.3) is 21.0 Å². The molecule has 0 saturated carbocycles. The van der Waals surface area contributed by atoms with Gasteiger partial charge in [0.05, 0.1) is 10.2 Å². The van der Waals surface area contributed by atoms with E-state index in [1.54, 1.807) is 11.3 Å². The maximum absolute atomic E-state index is 13.9. The van der Waals surface area contributed by atoms with Crippen molar-refractivity contribution in [3.05, 3.63) is 71.3 Å². The number of benzene rings is 3. The van der Waals surface area contributed by atoms with E-state index in [2.05, 4.69) is 56.9 Å². The van der Waals surface area contributed by atoms with Crippen LogP contribution in [0.1, 0.15) is 35.3 Å². The molecule has 0 aliphatic carbocycles. The van der Waals surface area contributed by atoms with Crippen LogP contribution < -0.4 is 4.90 Å². The fourth-order valence-corrected chi connectivity index (χ4v) is 5.26. The Hall–Kier alpha value is -2.47. The highest BCUT2D eigenvalue weighted by Crippen LogP contribution is 2.33. The van der Waals surface area contributed by atoms with Crippen molar-refractivity contribution >= 4 is 55.8 Å². The molecule has 4 rings (SSSR count). The number of hydrogen-bond donors (Lipinski definition) is 0. The maximum atomic E-state index is 13.9. The normalized spacial score (nSPS) is 11.2. The van der Waals surface area contributed by atoms with Crippen molar-refractivity contribution < 1.29 is 4.79 Å². The van der Waals surface area contributed by atoms with E-state index < -0.39 is 0 Å². The summed E-state index contributed by atoms with van der Waals surface area (Å²) in [5.41, 5.74) is 4.09. The van der Waals surface area contributed by atoms with Crippen molar-refractivity contribution in [2.45, 2.75) is 27.7 Å². The first-order chi connectivity index (χ1) is 15.0. The lowest BCUT2D eigenvalue weighted by Gasteiger charge is -2.25. The Balaban J connectivity index is 0.00000289. The lowest BCUT2D eigenvalue weighted by atomic mass is 10.0. The van der Waals surface area contributed by atoms with Gasteiger partial charge in [-0.15, -0.1) is 12.4 Å². The number of carbonyl (C=O) groups is 1. The van der Waals surface area contributed by atoms with Crippen LogP contribution in [0.2, 0.25) is 0 Å². The topological polar surface area (TPSA) is 36.4 Å². The van der Waals surface area contributed by atoms with E-state index in [4.69, 9.17) is 4.98 Å². The summed E-state index contributed by atoms with van der Waals surface area (Å²) in [6, 6.07) is 18.3. The fraction of sp³-hybridized carbons (Fsp3) is 0.308. The molecule has 0 bridgehead atoms. The van der Waals surface area contributed by atoms with Gasteiger partial charge in [0.1, 0.15) is 0 Å². The largest absolute Gasteiger partial charge is 0.302 e. The van der Waals surface area contributed by atoms with Crippen LogP contribution in [0.3, 0.4) is 0 Å². The number of halogens is 1. The number of anilines is 1. The molecule has 6 heteroatoms. The zero-order valence-corrected chi connectivity index (χ0v) is 20.7. The smallest absolute Gasteiger partial charge is 0.260 e. The highest BCUT2D eigenvalue weighted by molar-refractivity contribution is 7.22. The third kappa shape index (κ3) is 4.80. The molecule has 0 radical (unpaired) electrons. The lowest BCUT2D eigenvalue weighted by molar-refractivity contribution is 0.0985. The van der Waals surface area contributed by atoms with Crippen LogP contribution in [-0.4, -0.2) is 42.0 Å². The number of likely N-dealkylation sites (N-methyl/N-ethyl adjacent to an activating group) is 1. The average Bonchev–Trinajstić information content (AvgIpc) is 3.20. The van der Waals surface area contributed by atoms with E-state index in [1.165, 1.54) is 5.56 Å². The van der Waals surface area contributed by atoms with E-state index in [1.807, 2.05) is 35.2 Å². The molecule has 1 heterocycles. The minimum atomic E-state index is 0. The molecule has 0 N–H and O–H groups in total. The summed E-state index contributed by atoms with van der Waals surface area (Å²) in [7, 11) is 0. The van der Waals surface area contributed by atoms with Gasteiger partial charge in [-0.2, -0.15) is 0 Å². The summed E-state index contributed by atoms with van der Waals surface area (Å²) in [6.07, 6.45) is 0. The third-order valence-corrected chi connectivity index (χ3v) is 6.87. The first-order valence-corrected chi connectivity index (χ1v) is 11.7. The van der Waals surface area contributed by atoms with Gasteiger partial charge in [0.25, 0.3) is 5.91 Å². The monoisotopic (exact) mass is 467 g/mol. The second-order valence-electron chi connectivity index (χ2n) is 7.94. The summed E-state index contributed by atoms with van der Waals surface area (Å²) in [6.45, 7) is 11.9. The third-order valence-electron chi connectivity index (χ3n) is 5.85. The molecule has 1 amide bonds. The molecule has 0 fully saturated rings. The first-order valence-electron chi connectivity index (χ1n) is 10.9. The number of nitrogens with zero attached hydrogens (tertiary/aromatic N) is 3. The average molecular weight is 468 g/mol. The van der Waals surface area contributed by atoms with Crippen LogP contribution in [0, 0.1) is 13.8 Å². The number of amides is 1. The number of carbonyl (C=O) groups excluding carboxylic acids is 1. The molecule has 0 saturated heterocycles. The molecule has 0 spiro atoms. The summed E-state index contributed by atoms with van der Waals surface area (Å²) < 4.78 is 1.13. The maximum Gasteiger partial charge on any atom is 0.260 e. The Labute approximate surface area is 200 Å². The van der Waals surface area contributed by atoms with Gasteiger partial charge in [-0.1, -0.05) is 67.6 Å². The summed E-state index contributed by atoms with van der Waals surface area (Å²) in [4.78, 5) is 23.0. The van der Waals surface area contributed by atoms with Crippen molar-refractivity contribution in [1.82, 2.24) is 9.88 Å². The molecular formula is C26H30ClN3OS. The lowest BCUT2D eigenvalue weighted by Crippen LogP contribution is -2.39. The molecule has 3 aromatic carbocycles. The second kappa shape index (κ2) is 10.4. The van der Waals surface area contributed by atoms with Crippen LogP contribution in [0.5, 0.6) is 0 Å². The van der Waals surface area contributed by atoms with Gasteiger partial charge >= 0.3 is 0 Å². The van der Waals surface area contributed by atoms with E-state index >= 15 is 0 Å². The Kier molecular flexibility index (Phi) is 7.88. The Morgan fingerprint density at radius 1 is 0.969 bits per heavy atom. The summed E-state index contributed by atoms with van der Waals surface area (Å²) >= 11 is 1.60. The van der Waals surface area contributed by atoms with Crippen molar-refractivity contribution in [2.24, 2.45) is 0 Å². The number of thiazole rings is 1. The van der Waals surface area contributed by atoms with E-state index in [0.717, 1.165) is 56.9 Å². The molecule has 0 aliphatic rings. The first kappa shape index (κ1) is 24.2. The van der Waals surface area contributed by atoms with Gasteiger partial charge in [0.15, 0.2) is 5.13 Å². The van der Waals surface area contributed by atoms with Crippen LogP contribution in [0.4, 0.5) is 5.13 Å². The van der Waals surface area contributed by atoms with Crippen LogP contribution in [-0.2, 0) is 0 Å². The Bertz CT molecular complexity index is 1230. The quantitative estimate of drug-likeness (QED) is 0.312. The minimum Gasteiger partial charge on any atom is -0.302 e. The Morgan fingerprint density at radius 3 is 2.44 bits per heavy atom. The predicted molar refractivity (Wildman–Crippen MR) is 140 cm³/mol. The fourth-order valence-electron chi connectivity index (χ4n) is 4.10. The molecule has 0 unspecified atom stereocenters. The number of aryl methyl sites for hydroxylation is 2. The Morgan fingerprint density at radius 2 is 1.69 bits per heavy atom. The molecule has 32 heavy (non-hydrogen) atoms. The zero-order chi connectivity index (χ0) is 22.0. The summed E-state index contributed by atoms with van der Waals surface area (Å²) in [5.74, 6) is 0.0115. The zero-order valence-electron chi connectivity index (χ0n) is 19.1. The van der Waals surface area contributed by atoms with Gasteiger partial charge in [0.2, 0.25) is 0 Å². The van der Waals surface area contributed by atoms with E-state index in [9.17, 15) is 4.79 Å². The molecule has 0 aliphatic heterocycles. The minimum absolute atomic E-state index is 0. The van der Waals surface area contributed by atoms with Crippen LogP contribution >= 0.6 is 23.7 Å². The predicted octanol–water partition coefficient (Wildman–Crippen LogP) is 6.48. The number of aromatic nitrogens is 1. The van der Waals surface area contributed by atoms with E-state index in [0.29, 0.717) is 6.54 Å². The molecule has 4 nitrogen and oxygen atoms in total. The van der Waals surface area contributed by atoms with Gasteiger partial charge in [0, 0.05) is 18.7 Å². The molecule has 4 aromatic rings. The van der Waals surface area contributed by atoms with Gasteiger partial charge in [-0.05, 0) is 61.0 Å². The van der Waals surface area contributed by atoms with Crippen molar-refractivity contribution in [3.8, 4) is 0 Å². The SMILES string of the molecule is CCN(CC)CCN(C(=O)c1cccc2ccccc12)c1nc2c(C)cc(C)cc2s1.Cl. The van der Waals surface area contributed by atoms with Gasteiger partial charge in [-0.25, -0.2) is 4.98 Å². The number of fused-ring (bicyclic) bond motifs is 2. The number of hydrogen-bond acceptors (Lipinski definition) is 4. The van der Waals surface area contributed by atoms with E-state index in [-0.39, 0.29) is 18.3 Å². The highest BCUT2D eigenvalue weighted by Gasteiger charge is 2.23. The van der Waals surface area contributed by atoms with Crippen LogP contribution in [0.15, 0.2) is 54.6 Å². The number of rotatable bonds is 7. The van der Waals surface area contributed by atoms with Crippen molar-refractivity contribution in [2.75, 3.05) is 31.1 Å². The van der Waals surface area contributed by atoms with Crippen molar-refractivity contribution in [3.63, 3.8) is 0 Å². The van der Waals surface area contributed by atoms with Gasteiger partial charge in [-0.3, -0.25) is 9.69 Å². The summed E-state index contributed by atoms with van der Waals surface area (Å²) in [5, 5.41) is 2.83. The molecule has 0 atom stereocenters. The highest BCUT2D eigenvalue weighted by atomic mass is 35.5. The van der Waals surface area contributed by atoms with Crippen molar-refractivity contribution in [1.29, 1.82) is 0 Å². The second-order valence-corrected chi connectivity index (χ2v) is 8.94. The molecule has 1 aromatic heterocycles. The molecule has 168 valence electrons.